The summed E-state index contributed by atoms with van der Waals surface area (Å²) >= 11 is 0. The first kappa shape index (κ1) is 42.9. The van der Waals surface area contributed by atoms with Crippen molar-refractivity contribution in [2.24, 2.45) is 0 Å². The van der Waals surface area contributed by atoms with E-state index in [1.54, 1.807) is 0 Å². The lowest BCUT2D eigenvalue weighted by atomic mass is 10.8. The van der Waals surface area contributed by atoms with Crippen LogP contribution in [-0.4, -0.2) is 69.9 Å². The van der Waals surface area contributed by atoms with Crippen molar-refractivity contribution in [2.45, 2.75) is 34.6 Å². The second kappa shape index (κ2) is 50.0. The van der Waals surface area contributed by atoms with E-state index in [2.05, 4.69) is 0 Å². The summed E-state index contributed by atoms with van der Waals surface area (Å²) in [5.41, 5.74) is 0. The molecule has 0 aromatic rings. The highest BCUT2D eigenvalue weighted by Crippen LogP contribution is 1.64. The molecule has 0 aromatic carbocycles. The molecule has 11 nitrogen and oxygen atoms in total. The Morgan fingerprint density at radius 3 is 0.826 bits per heavy atom. The first-order chi connectivity index (χ1) is 9.52. The van der Waals surface area contributed by atoms with Crippen LogP contribution in [0.1, 0.15) is 34.6 Å². The van der Waals surface area contributed by atoms with Gasteiger partial charge in [0.2, 0.25) is 0 Å². The lowest BCUT2D eigenvalue weighted by molar-refractivity contribution is -0.135. The first-order valence-corrected chi connectivity index (χ1v) is 5.91. The molecule has 0 spiro atoms. The van der Waals surface area contributed by atoms with E-state index in [1.165, 1.54) is 0 Å². The maximum Gasteiger partial charge on any atom is 0.300 e. The Balaban J connectivity index is -0.0000000273. The highest BCUT2D eigenvalue weighted by atomic mass is 16.5. The standard InChI is InChI=1S/C4H10O.3C2H4O2.C2H6O2.2H3N/c1-3-5-4-2;3*1-2(3)4;3-1-2-4;;/h3-4H2,1-2H3;3*1H3,(H,3,4);3-4H,1-2H2;2*1H3. The third kappa shape index (κ3) is 4580. The van der Waals surface area contributed by atoms with Crippen LogP contribution in [0.3, 0.4) is 0 Å². The van der Waals surface area contributed by atoms with Gasteiger partial charge in [0.05, 0.1) is 13.2 Å². The van der Waals surface area contributed by atoms with Crippen LogP contribution >= 0.6 is 0 Å². The Hall–Kier alpha value is -1.79. The number of hydrogen-bond acceptors (Lipinski definition) is 8. The summed E-state index contributed by atoms with van der Waals surface area (Å²) in [4.78, 5) is 27.0. The number of rotatable bonds is 3. The fourth-order valence-electron chi connectivity index (χ4n) is 0.204. The molecule has 0 amide bonds. The Labute approximate surface area is 137 Å². The number of carboxylic acid groups (broad SMARTS) is 3. The molecule has 23 heavy (non-hydrogen) atoms. The van der Waals surface area contributed by atoms with E-state index in [0.29, 0.717) is 0 Å². The van der Waals surface area contributed by atoms with E-state index < -0.39 is 17.9 Å². The molecule has 11 N–H and O–H groups in total. The minimum Gasteiger partial charge on any atom is -0.481 e. The molecule has 0 bridgehead atoms. The van der Waals surface area contributed by atoms with Crippen LogP contribution in [0.5, 0.6) is 0 Å². The van der Waals surface area contributed by atoms with Gasteiger partial charge in [-0.15, -0.1) is 0 Å². The zero-order valence-corrected chi connectivity index (χ0v) is 14.6. The molecular formula is C12H34N2O9. The predicted molar refractivity (Wildman–Crippen MR) is 86.3 cm³/mol. The van der Waals surface area contributed by atoms with E-state index in [1.807, 2.05) is 13.8 Å². The van der Waals surface area contributed by atoms with Gasteiger partial charge < -0.3 is 42.6 Å². The van der Waals surface area contributed by atoms with Crippen LogP contribution in [0, 0.1) is 0 Å². The first-order valence-electron chi connectivity index (χ1n) is 5.91. The molecule has 11 heteroatoms. The fraction of sp³-hybridized carbons (Fsp3) is 0.750. The average Bonchev–Trinajstić information content (AvgIpc) is 2.28. The summed E-state index contributed by atoms with van der Waals surface area (Å²) in [5, 5.41) is 37.5. The van der Waals surface area contributed by atoms with Crippen molar-refractivity contribution < 1.29 is 44.7 Å². The molecule has 0 fully saturated rings. The fourth-order valence-corrected chi connectivity index (χ4v) is 0.204. The monoisotopic (exact) mass is 350 g/mol. The molecule has 0 aromatic heterocycles. The third-order valence-corrected chi connectivity index (χ3v) is 0.508. The normalized spacial score (nSPS) is 6.39. The minimum absolute atomic E-state index is 0. The largest absolute Gasteiger partial charge is 0.481 e. The van der Waals surface area contributed by atoms with Gasteiger partial charge in [0.15, 0.2) is 0 Å². The van der Waals surface area contributed by atoms with Crippen molar-refractivity contribution in [1.82, 2.24) is 12.3 Å². The molecule has 0 heterocycles. The van der Waals surface area contributed by atoms with Gasteiger partial charge in [0.25, 0.3) is 17.9 Å². The Bertz CT molecular complexity index is 182. The predicted octanol–water partition coefficient (Wildman–Crippen LogP) is 0.611. The molecule has 0 aliphatic rings. The number of hydrogen-bond donors (Lipinski definition) is 7. The second-order valence-corrected chi connectivity index (χ2v) is 2.79. The molecule has 0 saturated carbocycles. The summed E-state index contributed by atoms with van der Waals surface area (Å²) in [6, 6.07) is 0. The molecular weight excluding hydrogens is 316 g/mol. The topological polar surface area (TPSA) is 232 Å². The van der Waals surface area contributed by atoms with E-state index in [4.69, 9.17) is 44.7 Å². The number of aliphatic hydroxyl groups is 2. The lowest BCUT2D eigenvalue weighted by Gasteiger charge is -1.86. The van der Waals surface area contributed by atoms with Gasteiger partial charge in [0, 0.05) is 34.0 Å². The smallest absolute Gasteiger partial charge is 0.300 e. The van der Waals surface area contributed by atoms with E-state index >= 15 is 0 Å². The maximum atomic E-state index is 9.00. The zero-order valence-electron chi connectivity index (χ0n) is 14.6. The average molecular weight is 350 g/mol. The van der Waals surface area contributed by atoms with Crippen molar-refractivity contribution >= 4 is 17.9 Å². The van der Waals surface area contributed by atoms with Gasteiger partial charge in [-0.05, 0) is 13.8 Å². The van der Waals surface area contributed by atoms with Crippen LogP contribution < -0.4 is 12.3 Å². The Morgan fingerprint density at radius 1 is 0.696 bits per heavy atom. The maximum absolute atomic E-state index is 9.00. The van der Waals surface area contributed by atoms with Crippen LogP contribution in [0.4, 0.5) is 0 Å². The van der Waals surface area contributed by atoms with Crippen molar-refractivity contribution in [1.29, 1.82) is 0 Å². The number of carboxylic acids is 3. The zero-order chi connectivity index (χ0) is 18.3. The number of aliphatic hydroxyl groups excluding tert-OH is 2. The second-order valence-electron chi connectivity index (χ2n) is 2.79. The molecule has 0 aliphatic carbocycles. The van der Waals surface area contributed by atoms with E-state index in [9.17, 15) is 0 Å². The van der Waals surface area contributed by atoms with Crippen LogP contribution in [0.2, 0.25) is 0 Å². The third-order valence-electron chi connectivity index (χ3n) is 0.508. The van der Waals surface area contributed by atoms with Crippen molar-refractivity contribution in [3.05, 3.63) is 0 Å². The van der Waals surface area contributed by atoms with Gasteiger partial charge >= 0.3 is 0 Å². The molecule has 0 saturated heterocycles. The van der Waals surface area contributed by atoms with Crippen LogP contribution in [0.25, 0.3) is 0 Å². The van der Waals surface area contributed by atoms with Crippen LogP contribution in [-0.2, 0) is 19.1 Å². The summed E-state index contributed by atoms with van der Waals surface area (Å²) < 4.78 is 4.83. The van der Waals surface area contributed by atoms with Gasteiger partial charge in [0.1, 0.15) is 0 Å². The van der Waals surface area contributed by atoms with Crippen molar-refractivity contribution in [3.63, 3.8) is 0 Å². The van der Waals surface area contributed by atoms with E-state index in [0.717, 1.165) is 34.0 Å². The molecule has 0 radical (unpaired) electrons. The number of carbonyl (C=O) groups is 3. The number of ether oxygens (including phenoxy) is 1. The molecule has 0 rings (SSSR count). The molecule has 0 atom stereocenters. The highest BCUT2D eigenvalue weighted by Gasteiger charge is 1.66. The highest BCUT2D eigenvalue weighted by molar-refractivity contribution is 5.63. The van der Waals surface area contributed by atoms with Crippen LogP contribution in [0.15, 0.2) is 0 Å². The molecule has 0 aliphatic heterocycles. The molecule has 0 unspecified atom stereocenters. The van der Waals surface area contributed by atoms with E-state index in [-0.39, 0.29) is 25.5 Å². The van der Waals surface area contributed by atoms with Crippen molar-refractivity contribution in [3.8, 4) is 0 Å². The Kier molecular flexibility index (Phi) is 93.3. The van der Waals surface area contributed by atoms with Gasteiger partial charge in [-0.2, -0.15) is 0 Å². The van der Waals surface area contributed by atoms with Gasteiger partial charge in [-0.25, -0.2) is 0 Å². The summed E-state index contributed by atoms with van der Waals surface area (Å²) in [6.07, 6.45) is 0. The minimum atomic E-state index is -0.833. The van der Waals surface area contributed by atoms with Gasteiger partial charge in [-0.1, -0.05) is 0 Å². The summed E-state index contributed by atoms with van der Waals surface area (Å²) in [5.74, 6) is -2.50. The summed E-state index contributed by atoms with van der Waals surface area (Å²) in [7, 11) is 0. The number of aliphatic carboxylic acids is 3. The van der Waals surface area contributed by atoms with Crippen molar-refractivity contribution in [2.75, 3.05) is 26.4 Å². The Morgan fingerprint density at radius 2 is 0.826 bits per heavy atom. The molecule has 146 valence electrons. The summed E-state index contributed by atoms with van der Waals surface area (Å²) in [6.45, 7) is 8.67. The lowest BCUT2D eigenvalue weighted by Crippen LogP contribution is -1.85. The van der Waals surface area contributed by atoms with Gasteiger partial charge in [-0.3, -0.25) is 14.4 Å². The quantitative estimate of drug-likeness (QED) is 0.372. The SMILES string of the molecule is CC(=O)O.CC(=O)O.CC(=O)O.CCOCC.N.N.OCCO.